The van der Waals surface area contributed by atoms with Crippen LogP contribution in [0.4, 0.5) is 5.00 Å². The maximum Gasteiger partial charge on any atom is 0.346 e. The topological polar surface area (TPSA) is 66.4 Å². The van der Waals surface area contributed by atoms with Crippen molar-refractivity contribution < 1.29 is 14.7 Å². The molecule has 6 heteroatoms. The molecular formula is C13H13NO3S2. The Balaban J connectivity index is 2.22. The number of nitrogens with one attached hydrogen (secondary N) is 1. The lowest BCUT2D eigenvalue weighted by Gasteiger charge is -2.00. The molecule has 0 saturated heterocycles. The molecule has 0 aliphatic rings. The number of carboxylic acid groups (broad SMARTS) is 1. The molecule has 4 nitrogen and oxygen atoms in total. The van der Waals surface area contributed by atoms with E-state index in [2.05, 4.69) is 5.32 Å². The molecule has 2 aromatic rings. The third-order valence-corrected chi connectivity index (χ3v) is 4.74. The fraction of sp³-hybridized carbons (Fsp3) is 0.231. The maximum atomic E-state index is 12.1. The normalized spacial score (nSPS) is 10.5. The van der Waals surface area contributed by atoms with Gasteiger partial charge in [-0.2, -0.15) is 0 Å². The van der Waals surface area contributed by atoms with Gasteiger partial charge < -0.3 is 10.4 Å². The van der Waals surface area contributed by atoms with Gasteiger partial charge in [-0.3, -0.25) is 4.79 Å². The molecule has 0 fully saturated rings. The quantitative estimate of drug-likeness (QED) is 0.907. The van der Waals surface area contributed by atoms with Crippen molar-refractivity contribution in [3.63, 3.8) is 0 Å². The lowest BCUT2D eigenvalue weighted by Crippen LogP contribution is -2.10. The number of rotatable bonds is 3. The van der Waals surface area contributed by atoms with Gasteiger partial charge in [0.25, 0.3) is 5.91 Å². The van der Waals surface area contributed by atoms with Crippen LogP contribution in [0.3, 0.4) is 0 Å². The van der Waals surface area contributed by atoms with E-state index >= 15 is 0 Å². The minimum absolute atomic E-state index is 0.194. The number of carbonyl (C=O) groups is 2. The molecule has 0 spiro atoms. The molecular weight excluding hydrogens is 282 g/mol. The number of thiophene rings is 2. The Morgan fingerprint density at radius 3 is 2.32 bits per heavy atom. The predicted molar refractivity (Wildman–Crippen MR) is 77.8 cm³/mol. The van der Waals surface area contributed by atoms with E-state index in [-0.39, 0.29) is 10.8 Å². The van der Waals surface area contributed by atoms with Crippen molar-refractivity contribution in [1.82, 2.24) is 0 Å². The van der Waals surface area contributed by atoms with Crippen LogP contribution in [0.25, 0.3) is 0 Å². The van der Waals surface area contributed by atoms with Gasteiger partial charge in [0.2, 0.25) is 0 Å². The first-order valence-corrected chi connectivity index (χ1v) is 7.24. The van der Waals surface area contributed by atoms with Gasteiger partial charge in [0.05, 0.1) is 10.6 Å². The summed E-state index contributed by atoms with van der Waals surface area (Å²) in [7, 11) is 0. The average Bonchev–Trinajstić information content (AvgIpc) is 2.81. The van der Waals surface area contributed by atoms with Crippen LogP contribution in [-0.4, -0.2) is 17.0 Å². The monoisotopic (exact) mass is 295 g/mol. The third-order valence-electron chi connectivity index (χ3n) is 2.63. The highest BCUT2D eigenvalue weighted by Gasteiger charge is 2.16. The summed E-state index contributed by atoms with van der Waals surface area (Å²) in [5, 5.41) is 12.3. The van der Waals surface area contributed by atoms with Gasteiger partial charge in [0, 0.05) is 9.75 Å². The van der Waals surface area contributed by atoms with Crippen molar-refractivity contribution in [2.24, 2.45) is 0 Å². The Bertz CT molecular complexity index is 655. The Kier molecular flexibility index (Phi) is 3.73. The lowest BCUT2D eigenvalue weighted by molar-refractivity contribution is 0.0701. The molecule has 0 unspecified atom stereocenters. The maximum absolute atomic E-state index is 12.1. The number of carboxylic acids is 1. The summed E-state index contributed by atoms with van der Waals surface area (Å²) in [5.74, 6) is -1.16. The molecule has 2 rings (SSSR count). The smallest absolute Gasteiger partial charge is 0.346 e. The van der Waals surface area contributed by atoms with E-state index in [0.29, 0.717) is 16.1 Å². The van der Waals surface area contributed by atoms with Crippen molar-refractivity contribution >= 4 is 39.6 Å². The largest absolute Gasteiger partial charge is 0.477 e. The molecule has 0 atom stereocenters. The molecule has 0 aliphatic carbocycles. The van der Waals surface area contributed by atoms with Gasteiger partial charge in [-0.25, -0.2) is 4.79 Å². The minimum Gasteiger partial charge on any atom is -0.477 e. The molecule has 0 aromatic carbocycles. The molecule has 100 valence electrons. The zero-order valence-corrected chi connectivity index (χ0v) is 12.4. The number of aryl methyl sites for hydroxylation is 3. The highest BCUT2D eigenvalue weighted by molar-refractivity contribution is 7.18. The van der Waals surface area contributed by atoms with E-state index in [1.807, 2.05) is 19.9 Å². The zero-order valence-electron chi connectivity index (χ0n) is 10.7. The van der Waals surface area contributed by atoms with E-state index in [1.165, 1.54) is 0 Å². The van der Waals surface area contributed by atoms with Crippen LogP contribution in [0.15, 0.2) is 12.1 Å². The Hall–Kier alpha value is -1.66. The van der Waals surface area contributed by atoms with Gasteiger partial charge in [0.15, 0.2) is 0 Å². The number of amides is 1. The van der Waals surface area contributed by atoms with Gasteiger partial charge in [-0.1, -0.05) is 0 Å². The lowest BCUT2D eigenvalue weighted by atomic mass is 10.2. The Labute approximate surface area is 118 Å². The highest BCUT2D eigenvalue weighted by atomic mass is 32.1. The Morgan fingerprint density at radius 1 is 1.16 bits per heavy atom. The highest BCUT2D eigenvalue weighted by Crippen LogP contribution is 2.28. The van der Waals surface area contributed by atoms with Crippen LogP contribution >= 0.6 is 22.7 Å². The summed E-state index contributed by atoms with van der Waals surface area (Å²) in [6.07, 6.45) is 0. The molecule has 2 heterocycles. The van der Waals surface area contributed by atoms with Crippen molar-refractivity contribution in [3.05, 3.63) is 37.9 Å². The standard InChI is InChI=1S/C13H13NO3S2/c1-6-4-10(19-11(6)13(16)17)14-12(15)9-5-7(2)18-8(9)3/h4-5H,1-3H3,(H,14,15)(H,16,17). The fourth-order valence-electron chi connectivity index (χ4n) is 1.79. The minimum atomic E-state index is -0.967. The van der Waals surface area contributed by atoms with Gasteiger partial charge >= 0.3 is 5.97 Å². The summed E-state index contributed by atoms with van der Waals surface area (Å²) in [4.78, 5) is 25.3. The van der Waals surface area contributed by atoms with Gasteiger partial charge in [-0.15, -0.1) is 22.7 Å². The van der Waals surface area contributed by atoms with Crippen LogP contribution in [0.5, 0.6) is 0 Å². The zero-order chi connectivity index (χ0) is 14.2. The van der Waals surface area contributed by atoms with Crippen molar-refractivity contribution in [1.29, 1.82) is 0 Å². The van der Waals surface area contributed by atoms with E-state index in [9.17, 15) is 9.59 Å². The second-order valence-corrected chi connectivity index (χ2v) is 6.72. The first-order chi connectivity index (χ1) is 8.88. The second kappa shape index (κ2) is 5.14. The first kappa shape index (κ1) is 13.8. The van der Waals surface area contributed by atoms with E-state index < -0.39 is 5.97 Å². The van der Waals surface area contributed by atoms with E-state index in [0.717, 1.165) is 21.1 Å². The van der Waals surface area contributed by atoms with Crippen molar-refractivity contribution in [2.75, 3.05) is 5.32 Å². The van der Waals surface area contributed by atoms with E-state index in [1.54, 1.807) is 24.3 Å². The number of carbonyl (C=O) groups excluding carboxylic acids is 1. The van der Waals surface area contributed by atoms with Gasteiger partial charge in [0.1, 0.15) is 4.88 Å². The molecule has 2 aromatic heterocycles. The summed E-state index contributed by atoms with van der Waals surface area (Å²) in [6, 6.07) is 3.52. The molecule has 0 bridgehead atoms. The van der Waals surface area contributed by atoms with Crippen LogP contribution in [0.2, 0.25) is 0 Å². The van der Waals surface area contributed by atoms with Crippen LogP contribution in [0, 0.1) is 20.8 Å². The molecule has 1 amide bonds. The third kappa shape index (κ3) is 2.85. The molecule has 0 aliphatic heterocycles. The average molecular weight is 295 g/mol. The second-order valence-electron chi connectivity index (χ2n) is 4.21. The Morgan fingerprint density at radius 2 is 1.84 bits per heavy atom. The first-order valence-electron chi connectivity index (χ1n) is 5.60. The van der Waals surface area contributed by atoms with Crippen LogP contribution < -0.4 is 5.32 Å². The number of anilines is 1. The summed E-state index contributed by atoms with van der Waals surface area (Å²) >= 11 is 2.64. The number of hydrogen-bond donors (Lipinski definition) is 2. The molecule has 2 N–H and O–H groups in total. The summed E-state index contributed by atoms with van der Waals surface area (Å²) in [5.41, 5.74) is 1.30. The van der Waals surface area contributed by atoms with Crippen molar-refractivity contribution in [2.45, 2.75) is 20.8 Å². The molecule has 0 radical (unpaired) electrons. The van der Waals surface area contributed by atoms with E-state index in [4.69, 9.17) is 5.11 Å². The molecule has 0 saturated carbocycles. The SMILES string of the molecule is Cc1cc(C(=O)Nc2cc(C)c(C(=O)O)s2)c(C)s1. The van der Waals surface area contributed by atoms with Crippen molar-refractivity contribution in [3.8, 4) is 0 Å². The van der Waals surface area contributed by atoms with Gasteiger partial charge in [-0.05, 0) is 38.5 Å². The van der Waals surface area contributed by atoms with Crippen LogP contribution in [0.1, 0.15) is 35.3 Å². The van der Waals surface area contributed by atoms with Crippen LogP contribution in [-0.2, 0) is 0 Å². The summed E-state index contributed by atoms with van der Waals surface area (Å²) < 4.78 is 0. The molecule has 19 heavy (non-hydrogen) atoms. The predicted octanol–water partition coefficient (Wildman–Crippen LogP) is 3.69. The number of aromatic carboxylic acids is 1. The fourth-order valence-corrected chi connectivity index (χ4v) is 3.62. The number of hydrogen-bond acceptors (Lipinski definition) is 4. The summed E-state index contributed by atoms with van der Waals surface area (Å²) in [6.45, 7) is 5.57.